The Morgan fingerprint density at radius 1 is 1.50 bits per heavy atom. The molecule has 2 rings (SSSR count). The van der Waals surface area contributed by atoms with Crippen LogP contribution in [0, 0.1) is 6.92 Å². The highest BCUT2D eigenvalue weighted by Crippen LogP contribution is 2.24. The summed E-state index contributed by atoms with van der Waals surface area (Å²) < 4.78 is 0. The van der Waals surface area contributed by atoms with E-state index >= 15 is 0 Å². The summed E-state index contributed by atoms with van der Waals surface area (Å²) in [5.74, 6) is 1.71. The Hall–Kier alpha value is -0.830. The molecular formula is C10H14ClN3. The molecule has 1 saturated heterocycles. The van der Waals surface area contributed by atoms with Crippen molar-refractivity contribution in [1.29, 1.82) is 0 Å². The SMILES string of the molecule is Cc1nc(Cl)cc(N2CCCC2C)n1. The quantitative estimate of drug-likeness (QED) is 0.669. The van der Waals surface area contributed by atoms with E-state index in [4.69, 9.17) is 11.6 Å². The number of hydrogen-bond donors (Lipinski definition) is 0. The summed E-state index contributed by atoms with van der Waals surface area (Å²) in [6, 6.07) is 2.41. The van der Waals surface area contributed by atoms with Crippen LogP contribution in [0.15, 0.2) is 6.07 Å². The first-order valence-electron chi connectivity index (χ1n) is 4.94. The van der Waals surface area contributed by atoms with E-state index in [1.165, 1.54) is 12.8 Å². The lowest BCUT2D eigenvalue weighted by molar-refractivity contribution is 0.724. The average molecular weight is 212 g/mol. The van der Waals surface area contributed by atoms with Crippen LogP contribution >= 0.6 is 11.6 Å². The van der Waals surface area contributed by atoms with E-state index < -0.39 is 0 Å². The molecule has 76 valence electrons. The highest BCUT2D eigenvalue weighted by atomic mass is 35.5. The Labute approximate surface area is 89.1 Å². The Morgan fingerprint density at radius 3 is 2.86 bits per heavy atom. The topological polar surface area (TPSA) is 29.0 Å². The van der Waals surface area contributed by atoms with Crippen LogP contribution in [0.4, 0.5) is 5.82 Å². The van der Waals surface area contributed by atoms with Crippen molar-refractivity contribution in [2.75, 3.05) is 11.4 Å². The molecule has 0 saturated carbocycles. The number of nitrogens with zero attached hydrogens (tertiary/aromatic N) is 3. The van der Waals surface area contributed by atoms with Gasteiger partial charge in [0, 0.05) is 18.7 Å². The van der Waals surface area contributed by atoms with E-state index in [-0.39, 0.29) is 0 Å². The molecule has 2 heterocycles. The Bertz CT molecular complexity index is 320. The monoisotopic (exact) mass is 211 g/mol. The summed E-state index contributed by atoms with van der Waals surface area (Å²) in [5, 5.41) is 0.534. The van der Waals surface area contributed by atoms with E-state index in [1.54, 1.807) is 0 Å². The number of halogens is 1. The molecule has 0 amide bonds. The third-order valence-corrected chi connectivity index (χ3v) is 2.83. The van der Waals surface area contributed by atoms with Crippen LogP contribution < -0.4 is 4.90 Å². The highest BCUT2D eigenvalue weighted by molar-refractivity contribution is 6.29. The van der Waals surface area contributed by atoms with Crippen molar-refractivity contribution in [1.82, 2.24) is 9.97 Å². The molecule has 1 aromatic heterocycles. The largest absolute Gasteiger partial charge is 0.354 e. The summed E-state index contributed by atoms with van der Waals surface area (Å²) in [7, 11) is 0. The maximum atomic E-state index is 5.90. The van der Waals surface area contributed by atoms with Gasteiger partial charge in [0.25, 0.3) is 0 Å². The lowest BCUT2D eigenvalue weighted by atomic mass is 10.2. The van der Waals surface area contributed by atoms with Crippen molar-refractivity contribution in [3.05, 3.63) is 17.0 Å². The molecule has 1 fully saturated rings. The summed E-state index contributed by atoms with van der Waals surface area (Å²) in [4.78, 5) is 10.7. The van der Waals surface area contributed by atoms with Crippen molar-refractivity contribution in [3.63, 3.8) is 0 Å². The highest BCUT2D eigenvalue weighted by Gasteiger charge is 2.21. The molecule has 0 bridgehead atoms. The number of rotatable bonds is 1. The smallest absolute Gasteiger partial charge is 0.134 e. The van der Waals surface area contributed by atoms with Gasteiger partial charge in [0.05, 0.1) is 0 Å². The number of aromatic nitrogens is 2. The lowest BCUT2D eigenvalue weighted by Gasteiger charge is -2.22. The van der Waals surface area contributed by atoms with Crippen molar-refractivity contribution in [2.45, 2.75) is 32.7 Å². The first kappa shape index (κ1) is 9.71. The third-order valence-electron chi connectivity index (χ3n) is 2.64. The molecule has 3 nitrogen and oxygen atoms in total. The van der Waals surface area contributed by atoms with Crippen molar-refractivity contribution in [2.24, 2.45) is 0 Å². The van der Waals surface area contributed by atoms with Gasteiger partial charge in [0.15, 0.2) is 0 Å². The maximum absolute atomic E-state index is 5.90. The molecule has 1 aliphatic rings. The van der Waals surface area contributed by atoms with Crippen molar-refractivity contribution >= 4 is 17.4 Å². The summed E-state index contributed by atoms with van der Waals surface area (Å²) in [5.41, 5.74) is 0. The fourth-order valence-corrected chi connectivity index (χ4v) is 2.16. The molecule has 1 aliphatic heterocycles. The molecular weight excluding hydrogens is 198 g/mol. The number of aryl methyl sites for hydroxylation is 1. The maximum Gasteiger partial charge on any atom is 0.134 e. The van der Waals surface area contributed by atoms with Gasteiger partial charge in [-0.2, -0.15) is 0 Å². The molecule has 0 aromatic carbocycles. The fraction of sp³-hybridized carbons (Fsp3) is 0.600. The van der Waals surface area contributed by atoms with Gasteiger partial charge in [-0.3, -0.25) is 0 Å². The van der Waals surface area contributed by atoms with Gasteiger partial charge in [0.2, 0.25) is 0 Å². The van der Waals surface area contributed by atoms with Gasteiger partial charge in [-0.25, -0.2) is 9.97 Å². The molecule has 0 spiro atoms. The van der Waals surface area contributed by atoms with Gasteiger partial charge in [-0.15, -0.1) is 0 Å². The Balaban J connectivity index is 2.31. The summed E-state index contributed by atoms with van der Waals surface area (Å²) >= 11 is 5.90. The zero-order valence-corrected chi connectivity index (χ0v) is 9.25. The van der Waals surface area contributed by atoms with Crippen LogP contribution in [0.1, 0.15) is 25.6 Å². The van der Waals surface area contributed by atoms with Crippen molar-refractivity contribution < 1.29 is 0 Å². The van der Waals surface area contributed by atoms with Crippen LogP contribution in [-0.4, -0.2) is 22.6 Å². The minimum Gasteiger partial charge on any atom is -0.354 e. The molecule has 0 N–H and O–H groups in total. The second-order valence-corrected chi connectivity index (χ2v) is 4.17. The minimum atomic E-state index is 0.534. The normalized spacial score (nSPS) is 21.6. The zero-order valence-electron chi connectivity index (χ0n) is 8.50. The van der Waals surface area contributed by atoms with Gasteiger partial charge < -0.3 is 4.90 Å². The predicted octanol–water partition coefficient (Wildman–Crippen LogP) is 2.43. The lowest BCUT2D eigenvalue weighted by Crippen LogP contribution is -2.27. The minimum absolute atomic E-state index is 0.534. The van der Waals surface area contributed by atoms with Crippen LogP contribution in [-0.2, 0) is 0 Å². The average Bonchev–Trinajstić information content (AvgIpc) is 2.49. The summed E-state index contributed by atoms with van der Waals surface area (Å²) in [6.45, 7) is 5.17. The first-order valence-corrected chi connectivity index (χ1v) is 5.32. The fourth-order valence-electron chi connectivity index (χ4n) is 1.94. The van der Waals surface area contributed by atoms with Crippen LogP contribution in [0.25, 0.3) is 0 Å². The predicted molar refractivity (Wildman–Crippen MR) is 57.8 cm³/mol. The third kappa shape index (κ3) is 1.82. The molecule has 1 atom stereocenters. The van der Waals surface area contributed by atoms with Crippen LogP contribution in [0.3, 0.4) is 0 Å². The van der Waals surface area contributed by atoms with Gasteiger partial charge in [-0.1, -0.05) is 11.6 Å². The van der Waals surface area contributed by atoms with E-state index in [0.29, 0.717) is 11.2 Å². The van der Waals surface area contributed by atoms with E-state index in [1.807, 2.05) is 13.0 Å². The van der Waals surface area contributed by atoms with E-state index in [0.717, 1.165) is 18.2 Å². The number of anilines is 1. The van der Waals surface area contributed by atoms with Crippen LogP contribution in [0.2, 0.25) is 5.15 Å². The number of hydrogen-bond acceptors (Lipinski definition) is 3. The second-order valence-electron chi connectivity index (χ2n) is 3.78. The Morgan fingerprint density at radius 2 is 2.29 bits per heavy atom. The molecule has 0 aliphatic carbocycles. The molecule has 4 heteroatoms. The van der Waals surface area contributed by atoms with Crippen molar-refractivity contribution in [3.8, 4) is 0 Å². The molecule has 1 aromatic rings. The standard InChI is InChI=1S/C10H14ClN3/c1-7-4-3-5-14(7)10-6-9(11)12-8(2)13-10/h6-7H,3-5H2,1-2H3. The van der Waals surface area contributed by atoms with E-state index in [9.17, 15) is 0 Å². The molecule has 1 unspecified atom stereocenters. The second kappa shape index (κ2) is 3.73. The van der Waals surface area contributed by atoms with Gasteiger partial charge in [-0.05, 0) is 26.7 Å². The molecule has 14 heavy (non-hydrogen) atoms. The Kier molecular flexibility index (Phi) is 2.59. The summed E-state index contributed by atoms with van der Waals surface area (Å²) in [6.07, 6.45) is 2.47. The van der Waals surface area contributed by atoms with E-state index in [2.05, 4.69) is 21.8 Å². The first-order chi connectivity index (χ1) is 6.66. The van der Waals surface area contributed by atoms with Gasteiger partial charge in [0.1, 0.15) is 16.8 Å². The molecule has 0 radical (unpaired) electrons. The van der Waals surface area contributed by atoms with Crippen LogP contribution in [0.5, 0.6) is 0 Å². The zero-order chi connectivity index (χ0) is 10.1. The van der Waals surface area contributed by atoms with Gasteiger partial charge >= 0.3 is 0 Å².